The first-order valence-corrected chi connectivity index (χ1v) is 7.08. The summed E-state index contributed by atoms with van der Waals surface area (Å²) in [6, 6.07) is 3.83. The zero-order valence-electron chi connectivity index (χ0n) is 11.7. The summed E-state index contributed by atoms with van der Waals surface area (Å²) in [5, 5.41) is 8.12. The quantitative estimate of drug-likeness (QED) is 0.707. The van der Waals surface area contributed by atoms with Crippen LogP contribution in [0, 0.1) is 6.92 Å². The molecule has 0 radical (unpaired) electrons. The Morgan fingerprint density at radius 3 is 2.79 bits per heavy atom. The minimum Gasteiger partial charge on any atom is -0.472 e. The van der Waals surface area contributed by atoms with Gasteiger partial charge in [-0.05, 0) is 51.8 Å². The average Bonchev–Trinajstić information content (AvgIpc) is 2.91. The standard InChI is InChI=1S/C15H23N3O/c1-3-4-7-14(12-18-10-5-6-11-18)19-15-9-8-13(2)16-17-15/h3,8-9,14H,1,4-7,10-12H2,2H3/t14-/m1/s1. The van der Waals surface area contributed by atoms with Gasteiger partial charge in [-0.1, -0.05) is 6.08 Å². The van der Waals surface area contributed by atoms with Crippen molar-refractivity contribution in [1.29, 1.82) is 0 Å². The summed E-state index contributed by atoms with van der Waals surface area (Å²) in [6.45, 7) is 9.06. The molecule has 0 unspecified atom stereocenters. The van der Waals surface area contributed by atoms with Gasteiger partial charge in [0, 0.05) is 12.6 Å². The van der Waals surface area contributed by atoms with Crippen LogP contribution in [0.4, 0.5) is 0 Å². The lowest BCUT2D eigenvalue weighted by molar-refractivity contribution is 0.133. The number of hydrogen-bond acceptors (Lipinski definition) is 4. The number of ether oxygens (including phenoxy) is 1. The van der Waals surface area contributed by atoms with Gasteiger partial charge < -0.3 is 4.74 Å². The topological polar surface area (TPSA) is 38.2 Å². The minimum absolute atomic E-state index is 0.174. The van der Waals surface area contributed by atoms with E-state index in [-0.39, 0.29) is 6.10 Å². The van der Waals surface area contributed by atoms with Gasteiger partial charge in [-0.15, -0.1) is 11.7 Å². The second kappa shape index (κ2) is 7.24. The second-order valence-corrected chi connectivity index (χ2v) is 5.13. The Morgan fingerprint density at radius 1 is 1.37 bits per heavy atom. The number of aromatic nitrogens is 2. The molecule has 0 spiro atoms. The van der Waals surface area contributed by atoms with Crippen LogP contribution in [0.2, 0.25) is 0 Å². The molecule has 1 aromatic heterocycles. The third kappa shape index (κ3) is 4.63. The molecule has 4 heteroatoms. The van der Waals surface area contributed by atoms with Crippen LogP contribution in [0.1, 0.15) is 31.4 Å². The molecule has 1 aliphatic heterocycles. The molecule has 1 fully saturated rings. The molecule has 0 bridgehead atoms. The molecule has 0 aromatic carbocycles. The van der Waals surface area contributed by atoms with Gasteiger partial charge in [0.2, 0.25) is 5.88 Å². The summed E-state index contributed by atoms with van der Waals surface area (Å²) in [5.74, 6) is 0.624. The molecule has 1 aromatic rings. The Kier molecular flexibility index (Phi) is 5.33. The normalized spacial score (nSPS) is 17.3. The second-order valence-electron chi connectivity index (χ2n) is 5.13. The first kappa shape index (κ1) is 14.0. The number of nitrogens with zero attached hydrogens (tertiary/aromatic N) is 3. The summed E-state index contributed by atoms with van der Waals surface area (Å²) in [7, 11) is 0. The molecule has 0 amide bonds. The zero-order chi connectivity index (χ0) is 13.5. The largest absolute Gasteiger partial charge is 0.472 e. The zero-order valence-corrected chi connectivity index (χ0v) is 11.7. The first-order chi connectivity index (χ1) is 9.28. The van der Waals surface area contributed by atoms with Crippen molar-refractivity contribution in [2.24, 2.45) is 0 Å². The highest BCUT2D eigenvalue weighted by molar-refractivity contribution is 5.10. The maximum absolute atomic E-state index is 5.97. The van der Waals surface area contributed by atoms with Gasteiger partial charge in [-0.25, -0.2) is 0 Å². The molecule has 4 nitrogen and oxygen atoms in total. The monoisotopic (exact) mass is 261 g/mol. The van der Waals surface area contributed by atoms with Crippen LogP contribution in [0.5, 0.6) is 5.88 Å². The predicted molar refractivity (Wildman–Crippen MR) is 76.3 cm³/mol. The maximum Gasteiger partial charge on any atom is 0.233 e. The number of rotatable bonds is 7. The van der Waals surface area contributed by atoms with Gasteiger partial charge in [-0.2, -0.15) is 5.10 Å². The van der Waals surface area contributed by atoms with Crippen LogP contribution in [-0.4, -0.2) is 40.8 Å². The van der Waals surface area contributed by atoms with Crippen molar-refractivity contribution in [1.82, 2.24) is 15.1 Å². The SMILES string of the molecule is C=CCC[C@H](CN1CCCC1)Oc1ccc(C)nn1. The Bertz CT molecular complexity index is 385. The van der Waals surface area contributed by atoms with E-state index in [9.17, 15) is 0 Å². The van der Waals surface area contributed by atoms with E-state index in [4.69, 9.17) is 4.74 Å². The van der Waals surface area contributed by atoms with E-state index in [2.05, 4.69) is 21.7 Å². The molecule has 1 saturated heterocycles. The first-order valence-electron chi connectivity index (χ1n) is 7.08. The molecular formula is C15H23N3O. The number of hydrogen-bond donors (Lipinski definition) is 0. The summed E-state index contributed by atoms with van der Waals surface area (Å²) in [4.78, 5) is 2.47. The molecule has 1 atom stereocenters. The van der Waals surface area contributed by atoms with Gasteiger partial charge in [0.15, 0.2) is 0 Å². The summed E-state index contributed by atoms with van der Waals surface area (Å²) in [6.07, 6.45) is 6.68. The lowest BCUT2D eigenvalue weighted by Gasteiger charge is -2.23. The summed E-state index contributed by atoms with van der Waals surface area (Å²) < 4.78 is 5.97. The van der Waals surface area contributed by atoms with E-state index in [1.54, 1.807) is 0 Å². The Hall–Kier alpha value is -1.42. The van der Waals surface area contributed by atoms with E-state index in [1.165, 1.54) is 25.9 Å². The van der Waals surface area contributed by atoms with Crippen molar-refractivity contribution in [2.75, 3.05) is 19.6 Å². The fraction of sp³-hybridized carbons (Fsp3) is 0.600. The van der Waals surface area contributed by atoms with Crippen molar-refractivity contribution >= 4 is 0 Å². The Labute approximate surface area is 115 Å². The van der Waals surface area contributed by atoms with E-state index >= 15 is 0 Å². The van der Waals surface area contributed by atoms with Crippen LogP contribution in [0.3, 0.4) is 0 Å². The van der Waals surface area contributed by atoms with Gasteiger partial charge in [0.1, 0.15) is 6.10 Å². The van der Waals surface area contributed by atoms with Crippen molar-refractivity contribution in [3.05, 3.63) is 30.5 Å². The molecule has 0 saturated carbocycles. The van der Waals surface area contributed by atoms with Crippen molar-refractivity contribution in [3.63, 3.8) is 0 Å². The molecule has 2 rings (SSSR count). The maximum atomic E-state index is 5.97. The fourth-order valence-corrected chi connectivity index (χ4v) is 2.36. The molecule has 1 aliphatic rings. The van der Waals surface area contributed by atoms with E-state index < -0.39 is 0 Å². The van der Waals surface area contributed by atoms with Crippen LogP contribution < -0.4 is 4.74 Å². The van der Waals surface area contributed by atoms with Crippen LogP contribution in [0.25, 0.3) is 0 Å². The van der Waals surface area contributed by atoms with Gasteiger partial charge in [0.25, 0.3) is 0 Å². The highest BCUT2D eigenvalue weighted by Crippen LogP contribution is 2.15. The molecule has 104 valence electrons. The van der Waals surface area contributed by atoms with Crippen molar-refractivity contribution in [3.8, 4) is 5.88 Å². The molecule has 2 heterocycles. The predicted octanol–water partition coefficient (Wildman–Crippen LogP) is 2.59. The lowest BCUT2D eigenvalue weighted by Crippen LogP contribution is -2.34. The number of allylic oxidation sites excluding steroid dienone is 1. The third-order valence-electron chi connectivity index (χ3n) is 3.41. The number of likely N-dealkylation sites (tertiary alicyclic amines) is 1. The van der Waals surface area contributed by atoms with Crippen LogP contribution in [0.15, 0.2) is 24.8 Å². The van der Waals surface area contributed by atoms with Crippen molar-refractivity contribution in [2.45, 2.75) is 38.7 Å². The van der Waals surface area contributed by atoms with E-state index in [0.717, 1.165) is 25.1 Å². The smallest absolute Gasteiger partial charge is 0.233 e. The van der Waals surface area contributed by atoms with Gasteiger partial charge in [0.05, 0.1) is 5.69 Å². The van der Waals surface area contributed by atoms with E-state index in [1.807, 2.05) is 25.1 Å². The highest BCUT2D eigenvalue weighted by Gasteiger charge is 2.18. The van der Waals surface area contributed by atoms with Crippen LogP contribution in [-0.2, 0) is 0 Å². The number of aryl methyl sites for hydroxylation is 1. The van der Waals surface area contributed by atoms with Crippen molar-refractivity contribution < 1.29 is 4.74 Å². The molecule has 19 heavy (non-hydrogen) atoms. The fourth-order valence-electron chi connectivity index (χ4n) is 2.36. The Morgan fingerprint density at radius 2 is 2.16 bits per heavy atom. The molecular weight excluding hydrogens is 238 g/mol. The molecule has 0 N–H and O–H groups in total. The summed E-state index contributed by atoms with van der Waals surface area (Å²) in [5.41, 5.74) is 0.912. The van der Waals surface area contributed by atoms with Gasteiger partial charge >= 0.3 is 0 Å². The van der Waals surface area contributed by atoms with Gasteiger partial charge in [-0.3, -0.25) is 4.90 Å². The molecule has 0 aliphatic carbocycles. The third-order valence-corrected chi connectivity index (χ3v) is 3.41. The van der Waals surface area contributed by atoms with Crippen LogP contribution >= 0.6 is 0 Å². The summed E-state index contributed by atoms with van der Waals surface area (Å²) >= 11 is 0. The highest BCUT2D eigenvalue weighted by atomic mass is 16.5. The lowest BCUT2D eigenvalue weighted by atomic mass is 10.2. The Balaban J connectivity index is 1.91. The van der Waals surface area contributed by atoms with E-state index in [0.29, 0.717) is 5.88 Å². The average molecular weight is 261 g/mol. The minimum atomic E-state index is 0.174.